The van der Waals surface area contributed by atoms with Crippen molar-refractivity contribution in [2.45, 2.75) is 47.7 Å². The Morgan fingerprint density at radius 3 is 2.74 bits per heavy atom. The molecule has 4 heterocycles. The van der Waals surface area contributed by atoms with E-state index in [9.17, 15) is 8.42 Å². The van der Waals surface area contributed by atoms with Gasteiger partial charge in [0.05, 0.1) is 5.39 Å². The van der Waals surface area contributed by atoms with Gasteiger partial charge in [0.2, 0.25) is 10.0 Å². The van der Waals surface area contributed by atoms with E-state index in [4.69, 9.17) is 15.7 Å². The summed E-state index contributed by atoms with van der Waals surface area (Å²) in [6.07, 6.45) is 4.77. The van der Waals surface area contributed by atoms with Crippen molar-refractivity contribution < 1.29 is 8.42 Å². The third kappa shape index (κ3) is 4.14. The number of H-pyrrole nitrogens is 1. The number of aromatic nitrogens is 4. The summed E-state index contributed by atoms with van der Waals surface area (Å²) in [5.74, 6) is 0.874. The first-order valence-corrected chi connectivity index (χ1v) is 12.4. The van der Waals surface area contributed by atoms with Crippen molar-refractivity contribution in [1.82, 2.24) is 24.2 Å². The highest BCUT2D eigenvalue weighted by Gasteiger charge is 2.26. The molecular formula is C20H27N7O2S2. The van der Waals surface area contributed by atoms with Crippen LogP contribution in [0.15, 0.2) is 33.4 Å². The molecule has 9 nitrogen and oxygen atoms in total. The molecule has 3 aromatic heterocycles. The molecule has 1 unspecified atom stereocenters. The van der Waals surface area contributed by atoms with Crippen LogP contribution in [0.4, 0.5) is 5.82 Å². The Hall–Kier alpha value is -2.21. The number of sulfonamides is 1. The molecule has 166 valence electrons. The molecule has 11 heteroatoms. The SMILES string of the molecule is CCc1[nH]c2nc(Sc3cncc(S(=O)(=O)N(C)C)c3)nc(N3CCC(N)C3)c2c1C. The molecule has 3 N–H and O–H groups in total. The smallest absolute Gasteiger partial charge is 0.244 e. The maximum atomic E-state index is 12.5. The summed E-state index contributed by atoms with van der Waals surface area (Å²) in [5, 5.41) is 1.56. The normalized spacial score (nSPS) is 17.2. The number of rotatable bonds is 6. The summed E-state index contributed by atoms with van der Waals surface area (Å²) in [5.41, 5.74) is 9.23. The molecule has 0 aliphatic carbocycles. The minimum absolute atomic E-state index is 0.128. The minimum Gasteiger partial charge on any atom is -0.354 e. The molecule has 1 fully saturated rings. The Morgan fingerprint density at radius 2 is 2.10 bits per heavy atom. The van der Waals surface area contributed by atoms with Gasteiger partial charge in [-0.25, -0.2) is 22.7 Å². The van der Waals surface area contributed by atoms with Gasteiger partial charge in [-0.15, -0.1) is 0 Å². The standard InChI is InChI=1S/C20H27N7O2S2/c1-5-16-12(2)17-18(23-16)24-20(25-19(17)27-7-6-13(21)11-27)30-14-8-15(10-22-9-14)31(28,29)26(3)4/h8-10,13H,5-7,11,21H2,1-4H3,(H,23,24,25). The van der Waals surface area contributed by atoms with Crippen molar-refractivity contribution in [3.63, 3.8) is 0 Å². The topological polar surface area (TPSA) is 121 Å². The van der Waals surface area contributed by atoms with Crippen LogP contribution >= 0.6 is 11.8 Å². The second-order valence-corrected chi connectivity index (χ2v) is 11.1. The lowest BCUT2D eigenvalue weighted by atomic mass is 10.1. The van der Waals surface area contributed by atoms with Gasteiger partial charge < -0.3 is 15.6 Å². The zero-order chi connectivity index (χ0) is 22.3. The number of nitrogens with zero attached hydrogens (tertiary/aromatic N) is 5. The quantitative estimate of drug-likeness (QED) is 0.536. The lowest BCUT2D eigenvalue weighted by Gasteiger charge is -2.19. The fourth-order valence-electron chi connectivity index (χ4n) is 3.77. The molecule has 0 radical (unpaired) electrons. The van der Waals surface area contributed by atoms with E-state index in [-0.39, 0.29) is 10.9 Å². The third-order valence-corrected chi connectivity index (χ3v) is 8.12. The maximum absolute atomic E-state index is 12.5. The average Bonchev–Trinajstić information content (AvgIpc) is 3.30. The van der Waals surface area contributed by atoms with Gasteiger partial charge in [0.15, 0.2) is 5.16 Å². The van der Waals surface area contributed by atoms with Crippen molar-refractivity contribution in [3.05, 3.63) is 29.7 Å². The molecule has 0 amide bonds. The van der Waals surface area contributed by atoms with Crippen molar-refractivity contribution in [3.8, 4) is 0 Å². The van der Waals surface area contributed by atoms with Gasteiger partial charge in [-0.2, -0.15) is 0 Å². The lowest BCUT2D eigenvalue weighted by molar-refractivity contribution is 0.520. The first kappa shape index (κ1) is 22.0. The van der Waals surface area contributed by atoms with Crippen LogP contribution in [-0.2, 0) is 16.4 Å². The van der Waals surface area contributed by atoms with Gasteiger partial charge in [0.25, 0.3) is 0 Å². The minimum atomic E-state index is -3.57. The summed E-state index contributed by atoms with van der Waals surface area (Å²) in [7, 11) is -0.575. The average molecular weight is 462 g/mol. The number of hydrogen-bond donors (Lipinski definition) is 2. The third-order valence-electron chi connectivity index (χ3n) is 5.52. The number of fused-ring (bicyclic) bond motifs is 1. The van der Waals surface area contributed by atoms with Crippen molar-refractivity contribution in [2.75, 3.05) is 32.1 Å². The van der Waals surface area contributed by atoms with E-state index in [2.05, 4.69) is 28.7 Å². The lowest BCUT2D eigenvalue weighted by Crippen LogP contribution is -2.27. The second kappa shape index (κ2) is 8.38. The Bertz CT molecular complexity index is 1220. The first-order valence-electron chi connectivity index (χ1n) is 10.2. The Balaban J connectivity index is 1.77. The highest BCUT2D eigenvalue weighted by molar-refractivity contribution is 7.99. The predicted octanol–water partition coefficient (Wildman–Crippen LogP) is 2.16. The molecule has 0 aromatic carbocycles. The number of nitrogens with two attached hydrogens (primary N) is 1. The molecule has 0 spiro atoms. The first-order chi connectivity index (χ1) is 14.7. The van der Waals surface area contributed by atoms with Crippen LogP contribution in [0.3, 0.4) is 0 Å². The van der Waals surface area contributed by atoms with Crippen molar-refractivity contribution in [1.29, 1.82) is 0 Å². The summed E-state index contributed by atoms with van der Waals surface area (Å²) >= 11 is 1.30. The summed E-state index contributed by atoms with van der Waals surface area (Å²) < 4.78 is 26.1. The largest absolute Gasteiger partial charge is 0.354 e. The van der Waals surface area contributed by atoms with E-state index >= 15 is 0 Å². The summed E-state index contributed by atoms with van der Waals surface area (Å²) in [4.78, 5) is 20.1. The van der Waals surface area contributed by atoms with Crippen LogP contribution in [0.5, 0.6) is 0 Å². The van der Waals surface area contributed by atoms with E-state index < -0.39 is 10.0 Å². The van der Waals surface area contributed by atoms with E-state index in [1.54, 1.807) is 12.3 Å². The molecule has 1 atom stereocenters. The highest BCUT2D eigenvalue weighted by atomic mass is 32.2. The number of aryl methyl sites for hydroxylation is 2. The molecule has 0 bridgehead atoms. The number of pyridine rings is 1. The van der Waals surface area contributed by atoms with Crippen LogP contribution < -0.4 is 10.6 Å². The predicted molar refractivity (Wildman–Crippen MR) is 122 cm³/mol. The monoisotopic (exact) mass is 461 g/mol. The van der Waals surface area contributed by atoms with Crippen molar-refractivity contribution in [2.24, 2.45) is 5.73 Å². The van der Waals surface area contributed by atoms with E-state index in [1.165, 1.54) is 36.4 Å². The maximum Gasteiger partial charge on any atom is 0.244 e. The number of anilines is 1. The van der Waals surface area contributed by atoms with Crippen LogP contribution in [0.1, 0.15) is 24.6 Å². The molecule has 4 rings (SSSR count). The van der Waals surface area contributed by atoms with Gasteiger partial charge in [-0.3, -0.25) is 4.98 Å². The molecule has 1 aliphatic heterocycles. The van der Waals surface area contributed by atoms with E-state index in [0.29, 0.717) is 10.1 Å². The van der Waals surface area contributed by atoms with Gasteiger partial charge in [0.1, 0.15) is 16.4 Å². The zero-order valence-corrected chi connectivity index (χ0v) is 19.7. The Labute approximate surface area is 186 Å². The van der Waals surface area contributed by atoms with Crippen LogP contribution in [0.2, 0.25) is 0 Å². The van der Waals surface area contributed by atoms with Crippen LogP contribution in [-0.4, -0.2) is 65.9 Å². The molecular weight excluding hydrogens is 434 g/mol. The second-order valence-electron chi connectivity index (χ2n) is 7.88. The zero-order valence-electron chi connectivity index (χ0n) is 18.1. The number of hydrogen-bond acceptors (Lipinski definition) is 8. The Kier molecular flexibility index (Phi) is 5.95. The van der Waals surface area contributed by atoms with Gasteiger partial charge in [-0.1, -0.05) is 6.92 Å². The van der Waals surface area contributed by atoms with Gasteiger partial charge in [-0.05, 0) is 43.2 Å². The van der Waals surface area contributed by atoms with E-state index in [0.717, 1.165) is 54.0 Å². The summed E-state index contributed by atoms with van der Waals surface area (Å²) in [6.45, 7) is 5.80. The number of aromatic amines is 1. The molecule has 3 aromatic rings. The van der Waals surface area contributed by atoms with Crippen LogP contribution in [0.25, 0.3) is 11.0 Å². The van der Waals surface area contributed by atoms with E-state index in [1.807, 2.05) is 0 Å². The van der Waals surface area contributed by atoms with Crippen molar-refractivity contribution >= 4 is 38.6 Å². The van der Waals surface area contributed by atoms with Gasteiger partial charge in [0, 0.05) is 56.2 Å². The molecule has 0 saturated carbocycles. The molecule has 1 aliphatic rings. The van der Waals surface area contributed by atoms with Crippen LogP contribution in [0, 0.1) is 6.92 Å². The highest BCUT2D eigenvalue weighted by Crippen LogP contribution is 2.35. The number of nitrogens with one attached hydrogen (secondary N) is 1. The summed E-state index contributed by atoms with van der Waals surface area (Å²) in [6, 6.07) is 1.73. The molecule has 1 saturated heterocycles. The van der Waals surface area contributed by atoms with Gasteiger partial charge >= 0.3 is 0 Å². The fraction of sp³-hybridized carbons (Fsp3) is 0.450. The molecule has 31 heavy (non-hydrogen) atoms. The fourth-order valence-corrected chi connectivity index (χ4v) is 5.52. The Morgan fingerprint density at radius 1 is 1.32 bits per heavy atom.